The highest BCUT2D eigenvalue weighted by molar-refractivity contribution is 5.90. The molecule has 0 aliphatic carbocycles. The quantitative estimate of drug-likeness (QED) is 0.734. The average Bonchev–Trinajstić information content (AvgIpc) is 2.53. The zero-order chi connectivity index (χ0) is 13.8. The fourth-order valence-electron chi connectivity index (χ4n) is 2.15. The van der Waals surface area contributed by atoms with E-state index in [4.69, 9.17) is 4.74 Å². The Morgan fingerprint density at radius 1 is 0.950 bits per heavy atom. The summed E-state index contributed by atoms with van der Waals surface area (Å²) in [5.41, 5.74) is 2.69. The van der Waals surface area contributed by atoms with Crippen LogP contribution in [0, 0.1) is 0 Å². The Morgan fingerprint density at radius 2 is 1.80 bits per heavy atom. The molecule has 100 valence electrons. The Balaban J connectivity index is 1.96. The number of ether oxygens (including phenoxy) is 1. The summed E-state index contributed by atoms with van der Waals surface area (Å²) in [5, 5.41) is 4.43. The van der Waals surface area contributed by atoms with Crippen LogP contribution in [0.15, 0.2) is 60.9 Å². The molecule has 0 saturated heterocycles. The molecule has 1 atom stereocenters. The van der Waals surface area contributed by atoms with Crippen molar-refractivity contribution in [3.63, 3.8) is 0 Å². The minimum Gasteiger partial charge on any atom is -0.356 e. The normalized spacial score (nSPS) is 12.2. The fraction of sp³-hybridized carbons (Fsp3) is 0.125. The molecule has 2 heterocycles. The lowest BCUT2D eigenvalue weighted by Crippen LogP contribution is -2.14. The SMILES string of the molecule is CO[C@H](Nc1cccc2cccnc12)c1ccccn1. The minimum absolute atomic E-state index is 0.302. The lowest BCUT2D eigenvalue weighted by atomic mass is 10.2. The van der Waals surface area contributed by atoms with Gasteiger partial charge in [-0.3, -0.25) is 9.97 Å². The second-order valence-electron chi connectivity index (χ2n) is 4.40. The van der Waals surface area contributed by atoms with Crippen LogP contribution in [0.4, 0.5) is 5.69 Å². The molecule has 20 heavy (non-hydrogen) atoms. The van der Waals surface area contributed by atoms with Gasteiger partial charge in [0.05, 0.1) is 16.9 Å². The first kappa shape index (κ1) is 12.6. The number of nitrogens with zero attached hydrogens (tertiary/aromatic N) is 2. The summed E-state index contributed by atoms with van der Waals surface area (Å²) in [7, 11) is 1.66. The maximum Gasteiger partial charge on any atom is 0.170 e. The van der Waals surface area contributed by atoms with Gasteiger partial charge in [0, 0.05) is 24.9 Å². The highest BCUT2D eigenvalue weighted by Crippen LogP contribution is 2.25. The van der Waals surface area contributed by atoms with E-state index in [-0.39, 0.29) is 6.23 Å². The van der Waals surface area contributed by atoms with Crippen LogP contribution < -0.4 is 5.32 Å². The zero-order valence-electron chi connectivity index (χ0n) is 11.2. The third-order valence-electron chi connectivity index (χ3n) is 3.11. The van der Waals surface area contributed by atoms with E-state index in [1.54, 1.807) is 19.5 Å². The number of nitrogens with one attached hydrogen (secondary N) is 1. The van der Waals surface area contributed by atoms with E-state index < -0.39 is 0 Å². The summed E-state index contributed by atoms with van der Waals surface area (Å²) in [6.45, 7) is 0. The third kappa shape index (κ3) is 2.46. The molecule has 0 saturated carbocycles. The summed E-state index contributed by atoms with van der Waals surface area (Å²) in [4.78, 5) is 8.74. The lowest BCUT2D eigenvalue weighted by molar-refractivity contribution is 0.123. The zero-order valence-corrected chi connectivity index (χ0v) is 11.2. The van der Waals surface area contributed by atoms with Crippen LogP contribution >= 0.6 is 0 Å². The number of benzene rings is 1. The van der Waals surface area contributed by atoms with Crippen molar-refractivity contribution in [3.8, 4) is 0 Å². The van der Waals surface area contributed by atoms with Crippen LogP contribution in [0.1, 0.15) is 11.9 Å². The van der Waals surface area contributed by atoms with Crippen LogP contribution in [0.5, 0.6) is 0 Å². The number of pyridine rings is 2. The van der Waals surface area contributed by atoms with Crippen molar-refractivity contribution in [1.82, 2.24) is 9.97 Å². The summed E-state index contributed by atoms with van der Waals surface area (Å²) in [5.74, 6) is 0. The second kappa shape index (κ2) is 5.67. The highest BCUT2D eigenvalue weighted by Gasteiger charge is 2.12. The van der Waals surface area contributed by atoms with Crippen LogP contribution in [0.25, 0.3) is 10.9 Å². The Kier molecular flexibility index (Phi) is 3.56. The second-order valence-corrected chi connectivity index (χ2v) is 4.40. The van der Waals surface area contributed by atoms with Crippen LogP contribution in [0.3, 0.4) is 0 Å². The molecule has 0 radical (unpaired) electrons. The summed E-state index contributed by atoms with van der Waals surface area (Å²) < 4.78 is 5.49. The number of fused-ring (bicyclic) bond motifs is 1. The van der Waals surface area contributed by atoms with Gasteiger partial charge in [-0.25, -0.2) is 0 Å². The van der Waals surface area contributed by atoms with Crippen molar-refractivity contribution in [3.05, 3.63) is 66.6 Å². The van der Waals surface area contributed by atoms with E-state index in [9.17, 15) is 0 Å². The van der Waals surface area contributed by atoms with Gasteiger partial charge in [0.1, 0.15) is 0 Å². The Morgan fingerprint density at radius 3 is 2.60 bits per heavy atom. The molecule has 1 N–H and O–H groups in total. The number of hydrogen-bond donors (Lipinski definition) is 1. The third-order valence-corrected chi connectivity index (χ3v) is 3.11. The van der Waals surface area contributed by atoms with E-state index in [1.165, 1.54) is 0 Å². The predicted molar refractivity (Wildman–Crippen MR) is 79.4 cm³/mol. The van der Waals surface area contributed by atoms with Gasteiger partial charge in [0.25, 0.3) is 0 Å². The lowest BCUT2D eigenvalue weighted by Gasteiger charge is -2.18. The molecule has 0 aliphatic rings. The van der Waals surface area contributed by atoms with Crippen molar-refractivity contribution in [1.29, 1.82) is 0 Å². The first-order chi connectivity index (χ1) is 9.88. The number of methoxy groups -OCH3 is 1. The van der Waals surface area contributed by atoms with Crippen LogP contribution in [0.2, 0.25) is 0 Å². The molecular formula is C16H15N3O. The monoisotopic (exact) mass is 265 g/mol. The van der Waals surface area contributed by atoms with Crippen molar-refractivity contribution in [2.24, 2.45) is 0 Å². The molecule has 0 bridgehead atoms. The molecule has 0 fully saturated rings. The van der Waals surface area contributed by atoms with E-state index >= 15 is 0 Å². The standard InChI is InChI=1S/C16H15N3O/c1-20-16(14-8-2-3-10-17-14)19-13-9-4-6-12-7-5-11-18-15(12)13/h2-11,16,19H,1H3/t16-/m0/s1. The maximum absolute atomic E-state index is 5.49. The fourth-order valence-corrected chi connectivity index (χ4v) is 2.15. The van der Waals surface area contributed by atoms with Gasteiger partial charge in [-0.15, -0.1) is 0 Å². The molecule has 2 aromatic heterocycles. The number of para-hydroxylation sites is 1. The topological polar surface area (TPSA) is 47.0 Å². The molecule has 0 spiro atoms. The molecular weight excluding hydrogens is 250 g/mol. The molecule has 4 heteroatoms. The van der Waals surface area contributed by atoms with Crippen molar-refractivity contribution >= 4 is 16.6 Å². The van der Waals surface area contributed by atoms with Gasteiger partial charge >= 0.3 is 0 Å². The highest BCUT2D eigenvalue weighted by atomic mass is 16.5. The van der Waals surface area contributed by atoms with E-state index in [2.05, 4.69) is 15.3 Å². The van der Waals surface area contributed by atoms with Gasteiger partial charge < -0.3 is 10.1 Å². The number of rotatable bonds is 4. The Bertz CT molecular complexity index is 695. The number of aromatic nitrogens is 2. The van der Waals surface area contributed by atoms with E-state index in [0.717, 1.165) is 22.3 Å². The molecule has 4 nitrogen and oxygen atoms in total. The number of anilines is 1. The van der Waals surface area contributed by atoms with Crippen molar-refractivity contribution < 1.29 is 4.74 Å². The maximum atomic E-state index is 5.49. The van der Waals surface area contributed by atoms with Gasteiger partial charge in [0.2, 0.25) is 0 Å². The summed E-state index contributed by atoms with van der Waals surface area (Å²) in [6.07, 6.45) is 3.24. The molecule has 3 aromatic rings. The smallest absolute Gasteiger partial charge is 0.170 e. The van der Waals surface area contributed by atoms with Crippen molar-refractivity contribution in [2.45, 2.75) is 6.23 Å². The van der Waals surface area contributed by atoms with Crippen molar-refractivity contribution in [2.75, 3.05) is 12.4 Å². The molecule has 1 aromatic carbocycles. The van der Waals surface area contributed by atoms with Crippen LogP contribution in [-0.4, -0.2) is 17.1 Å². The summed E-state index contributed by atoms with van der Waals surface area (Å²) in [6, 6.07) is 15.7. The van der Waals surface area contributed by atoms with Gasteiger partial charge in [-0.1, -0.05) is 24.3 Å². The van der Waals surface area contributed by atoms with Gasteiger partial charge in [0.15, 0.2) is 6.23 Å². The Labute approximate surface area is 117 Å². The first-order valence-electron chi connectivity index (χ1n) is 6.42. The average molecular weight is 265 g/mol. The summed E-state index contributed by atoms with van der Waals surface area (Å²) >= 11 is 0. The van der Waals surface area contributed by atoms with Crippen LogP contribution in [-0.2, 0) is 4.74 Å². The number of hydrogen-bond acceptors (Lipinski definition) is 4. The molecule has 0 amide bonds. The largest absolute Gasteiger partial charge is 0.356 e. The molecule has 0 aliphatic heterocycles. The Hall–Kier alpha value is -2.46. The minimum atomic E-state index is -0.302. The van der Waals surface area contributed by atoms with Gasteiger partial charge in [-0.05, 0) is 24.3 Å². The first-order valence-corrected chi connectivity index (χ1v) is 6.42. The molecule has 3 rings (SSSR count). The van der Waals surface area contributed by atoms with E-state index in [1.807, 2.05) is 48.5 Å². The van der Waals surface area contributed by atoms with E-state index in [0.29, 0.717) is 0 Å². The predicted octanol–water partition coefficient (Wildman–Crippen LogP) is 3.39. The van der Waals surface area contributed by atoms with Gasteiger partial charge in [-0.2, -0.15) is 0 Å². The molecule has 0 unspecified atom stereocenters.